The summed E-state index contributed by atoms with van der Waals surface area (Å²) < 4.78 is 13.2. The van der Waals surface area contributed by atoms with Crippen molar-refractivity contribution >= 4 is 44.7 Å². The molecule has 0 bridgehead atoms. The summed E-state index contributed by atoms with van der Waals surface area (Å²) in [5.41, 5.74) is 0. The van der Waals surface area contributed by atoms with Gasteiger partial charge in [0.2, 0.25) is 0 Å². The van der Waals surface area contributed by atoms with E-state index < -0.39 is 0 Å². The summed E-state index contributed by atoms with van der Waals surface area (Å²) in [6.07, 6.45) is 12.0. The van der Waals surface area contributed by atoms with Crippen LogP contribution in [0.5, 0.6) is 11.5 Å². The van der Waals surface area contributed by atoms with Crippen molar-refractivity contribution in [2.24, 2.45) is 0 Å². The van der Waals surface area contributed by atoms with Crippen molar-refractivity contribution in [3.8, 4) is 11.5 Å². The molecule has 0 radical (unpaired) electrons. The number of hydrogen-bond acceptors (Lipinski definition) is 2. The molecule has 3 aromatic rings. The molecule has 186 valence electrons. The molecule has 2 atom stereocenters. The van der Waals surface area contributed by atoms with Crippen molar-refractivity contribution in [3.63, 3.8) is 0 Å². The van der Waals surface area contributed by atoms with Crippen molar-refractivity contribution in [2.45, 2.75) is 104 Å². The van der Waals surface area contributed by atoms with Crippen LogP contribution in [0.3, 0.4) is 0 Å². The quantitative estimate of drug-likeness (QED) is 0.161. The van der Waals surface area contributed by atoms with Crippen LogP contribution in [-0.2, 0) is 0 Å². The van der Waals surface area contributed by atoms with Gasteiger partial charge in [-0.05, 0) is 51.7 Å². The van der Waals surface area contributed by atoms with Crippen LogP contribution in [0.2, 0.25) is 10.0 Å². The molecular formula is C30H40Cl2O2. The minimum Gasteiger partial charge on any atom is -0.489 e. The van der Waals surface area contributed by atoms with E-state index in [2.05, 4.69) is 39.8 Å². The molecule has 2 nitrogen and oxygen atoms in total. The lowest BCUT2D eigenvalue weighted by Crippen LogP contribution is -2.14. The smallest absolute Gasteiger partial charge is 0.138 e. The van der Waals surface area contributed by atoms with E-state index in [9.17, 15) is 0 Å². The highest BCUT2D eigenvalue weighted by molar-refractivity contribution is 6.40. The van der Waals surface area contributed by atoms with Crippen molar-refractivity contribution in [1.29, 1.82) is 0 Å². The van der Waals surface area contributed by atoms with Gasteiger partial charge in [-0.3, -0.25) is 0 Å². The predicted octanol–water partition coefficient (Wildman–Crippen LogP) is 10.8. The van der Waals surface area contributed by atoms with Crippen LogP contribution < -0.4 is 9.47 Å². The van der Waals surface area contributed by atoms with E-state index in [-0.39, 0.29) is 12.2 Å². The van der Waals surface area contributed by atoms with Gasteiger partial charge in [0.15, 0.2) is 0 Å². The third-order valence-corrected chi connectivity index (χ3v) is 7.17. The van der Waals surface area contributed by atoms with Crippen LogP contribution in [0.15, 0.2) is 36.4 Å². The summed E-state index contributed by atoms with van der Waals surface area (Å²) in [5.74, 6) is 1.62. The molecule has 0 heterocycles. The van der Waals surface area contributed by atoms with E-state index in [1.54, 1.807) is 0 Å². The number of ether oxygens (including phenoxy) is 2. The molecule has 0 N–H and O–H groups in total. The molecule has 0 saturated heterocycles. The maximum atomic E-state index is 6.79. The predicted molar refractivity (Wildman–Crippen MR) is 149 cm³/mol. The largest absolute Gasteiger partial charge is 0.489 e. The van der Waals surface area contributed by atoms with Gasteiger partial charge in [0, 0.05) is 21.5 Å². The molecular weight excluding hydrogens is 463 g/mol. The maximum absolute atomic E-state index is 6.79. The zero-order chi connectivity index (χ0) is 24.5. The van der Waals surface area contributed by atoms with E-state index in [1.807, 2.05) is 24.3 Å². The lowest BCUT2D eigenvalue weighted by Gasteiger charge is -2.24. The van der Waals surface area contributed by atoms with Crippen LogP contribution in [-0.4, -0.2) is 12.2 Å². The topological polar surface area (TPSA) is 18.5 Å². The molecule has 0 aromatic heterocycles. The minimum atomic E-state index is 0.0695. The van der Waals surface area contributed by atoms with Crippen LogP contribution in [0.4, 0.5) is 0 Å². The lowest BCUT2D eigenvalue weighted by atomic mass is 9.99. The van der Waals surface area contributed by atoms with E-state index in [4.69, 9.17) is 32.7 Å². The first kappa shape index (κ1) is 27.0. The van der Waals surface area contributed by atoms with Gasteiger partial charge in [-0.2, -0.15) is 0 Å². The summed E-state index contributed by atoms with van der Waals surface area (Å²) in [7, 11) is 0. The molecule has 3 rings (SSSR count). The van der Waals surface area contributed by atoms with Gasteiger partial charge in [-0.25, -0.2) is 0 Å². The van der Waals surface area contributed by atoms with Crippen LogP contribution in [0, 0.1) is 0 Å². The Morgan fingerprint density at radius 3 is 1.50 bits per heavy atom. The van der Waals surface area contributed by atoms with Crippen molar-refractivity contribution in [3.05, 3.63) is 46.4 Å². The zero-order valence-corrected chi connectivity index (χ0v) is 22.8. The summed E-state index contributed by atoms with van der Waals surface area (Å²) in [6, 6.07) is 12.0. The second-order valence-electron chi connectivity index (χ2n) is 9.54. The van der Waals surface area contributed by atoms with Crippen molar-refractivity contribution in [2.75, 3.05) is 0 Å². The fourth-order valence-electron chi connectivity index (χ4n) is 4.64. The monoisotopic (exact) mass is 502 g/mol. The van der Waals surface area contributed by atoms with Gasteiger partial charge in [0.25, 0.3) is 0 Å². The molecule has 34 heavy (non-hydrogen) atoms. The van der Waals surface area contributed by atoms with Gasteiger partial charge in [-0.1, -0.05) is 99.8 Å². The van der Waals surface area contributed by atoms with Gasteiger partial charge < -0.3 is 9.47 Å². The first-order valence-electron chi connectivity index (χ1n) is 13.1. The number of fused-ring (bicyclic) bond motifs is 2. The van der Waals surface area contributed by atoms with Crippen molar-refractivity contribution < 1.29 is 9.47 Å². The Kier molecular flexibility index (Phi) is 10.7. The normalized spacial score (nSPS) is 13.4. The highest BCUT2D eigenvalue weighted by atomic mass is 35.5. The molecule has 4 heteroatoms. The average Bonchev–Trinajstić information content (AvgIpc) is 2.81. The molecule has 2 unspecified atom stereocenters. The average molecular weight is 504 g/mol. The zero-order valence-electron chi connectivity index (χ0n) is 21.3. The highest BCUT2D eigenvalue weighted by Gasteiger charge is 2.22. The lowest BCUT2D eigenvalue weighted by molar-refractivity contribution is 0.207. The van der Waals surface area contributed by atoms with Gasteiger partial charge in [0.1, 0.15) is 11.5 Å². The second kappa shape index (κ2) is 13.4. The van der Waals surface area contributed by atoms with Gasteiger partial charge in [-0.15, -0.1) is 0 Å². The molecule has 0 amide bonds. The van der Waals surface area contributed by atoms with Crippen molar-refractivity contribution in [1.82, 2.24) is 0 Å². The number of benzene rings is 3. The highest BCUT2D eigenvalue weighted by Crippen LogP contribution is 2.48. The van der Waals surface area contributed by atoms with Gasteiger partial charge in [0.05, 0.1) is 22.3 Å². The first-order chi connectivity index (χ1) is 16.5. The van der Waals surface area contributed by atoms with Crippen LogP contribution in [0.1, 0.15) is 91.9 Å². The molecule has 0 aliphatic carbocycles. The molecule has 0 spiro atoms. The summed E-state index contributed by atoms with van der Waals surface area (Å²) in [5, 5.41) is 5.06. The molecule has 3 aromatic carbocycles. The number of hydrogen-bond donors (Lipinski definition) is 0. The van der Waals surface area contributed by atoms with E-state index in [0.717, 1.165) is 52.3 Å². The van der Waals surface area contributed by atoms with Crippen LogP contribution in [0.25, 0.3) is 21.5 Å². The number of halogens is 2. The Morgan fingerprint density at radius 2 is 1.06 bits per heavy atom. The Hall–Kier alpha value is -1.64. The fraction of sp³-hybridized carbons (Fsp3) is 0.533. The Bertz CT molecular complexity index is 1000. The van der Waals surface area contributed by atoms with E-state index >= 15 is 0 Å². The third kappa shape index (κ3) is 6.73. The summed E-state index contributed by atoms with van der Waals surface area (Å²) in [6.45, 7) is 8.76. The molecule has 0 saturated carbocycles. The molecule has 0 fully saturated rings. The van der Waals surface area contributed by atoms with Gasteiger partial charge >= 0.3 is 0 Å². The number of rotatable bonds is 14. The summed E-state index contributed by atoms with van der Waals surface area (Å²) in [4.78, 5) is 0. The second-order valence-corrected chi connectivity index (χ2v) is 10.4. The standard InChI is InChI=1S/C30H40Cl2O2/c1-5-7-9-11-15-21(3)33-29-23-17-13-19-25(31)27(23)30(28-24(29)18-14-20-26(28)32)34-22(4)16-12-10-8-6-2/h13-14,17-22H,5-12,15-16H2,1-4H3. The molecule has 0 aliphatic rings. The SMILES string of the molecule is CCCCCCC(C)Oc1c2cccc(Cl)c2c(OC(C)CCCCCC)c2c(Cl)cccc12. The minimum absolute atomic E-state index is 0.0695. The Balaban J connectivity index is 2.03. The van der Waals surface area contributed by atoms with E-state index in [0.29, 0.717) is 10.0 Å². The summed E-state index contributed by atoms with van der Waals surface area (Å²) >= 11 is 13.6. The fourth-order valence-corrected chi connectivity index (χ4v) is 5.16. The Labute approximate surface area is 215 Å². The van der Waals surface area contributed by atoms with Crippen LogP contribution >= 0.6 is 23.2 Å². The van der Waals surface area contributed by atoms with E-state index in [1.165, 1.54) is 44.9 Å². The maximum Gasteiger partial charge on any atom is 0.138 e. The third-order valence-electron chi connectivity index (χ3n) is 6.54. The molecule has 0 aliphatic heterocycles. The first-order valence-corrected chi connectivity index (χ1v) is 13.9. The Morgan fingerprint density at radius 1 is 0.618 bits per heavy atom. The number of unbranched alkanes of at least 4 members (excludes halogenated alkanes) is 6.